The number of benzene rings is 1. The number of aryl methyl sites for hydroxylation is 1. The number of nitrogens with zero attached hydrogens (tertiary/aromatic N) is 1. The van der Waals surface area contributed by atoms with E-state index in [1.54, 1.807) is 4.90 Å². The number of methoxy groups -OCH3 is 1. The minimum absolute atomic E-state index is 0. The van der Waals surface area contributed by atoms with Crippen molar-refractivity contribution in [1.29, 1.82) is 0 Å². The van der Waals surface area contributed by atoms with Gasteiger partial charge < -0.3 is 21.1 Å². The molecule has 0 bridgehead atoms. The number of amides is 2. The first-order valence-corrected chi connectivity index (χ1v) is 6.86. The molecule has 0 aromatic heterocycles. The molecule has 0 saturated heterocycles. The molecule has 1 rings (SSSR count). The second-order valence-electron chi connectivity index (χ2n) is 4.90. The molecule has 0 aliphatic carbocycles. The van der Waals surface area contributed by atoms with Crippen molar-refractivity contribution >= 4 is 29.9 Å². The molecule has 1 aromatic carbocycles. The Morgan fingerprint density at radius 2 is 2.05 bits per heavy atom. The molecule has 0 heterocycles. The summed E-state index contributed by atoms with van der Waals surface area (Å²) in [6.07, 6.45) is -0.0574. The number of halogens is 1. The van der Waals surface area contributed by atoms with E-state index in [1.165, 1.54) is 7.11 Å². The Morgan fingerprint density at radius 3 is 2.55 bits per heavy atom. The van der Waals surface area contributed by atoms with Crippen molar-refractivity contribution in [2.24, 2.45) is 11.5 Å². The van der Waals surface area contributed by atoms with Crippen molar-refractivity contribution in [3.8, 4) is 0 Å². The first-order valence-electron chi connectivity index (χ1n) is 6.86. The average molecular weight is 330 g/mol. The molecular weight excluding hydrogens is 306 g/mol. The maximum atomic E-state index is 12.4. The number of carbonyl (C=O) groups excluding carboxylic acids is 2. The van der Waals surface area contributed by atoms with E-state index < -0.39 is 5.91 Å². The summed E-state index contributed by atoms with van der Waals surface area (Å²) in [5.74, 6) is -0.582. The predicted molar refractivity (Wildman–Crippen MR) is 89.1 cm³/mol. The van der Waals surface area contributed by atoms with Gasteiger partial charge in [-0.2, -0.15) is 0 Å². The van der Waals surface area contributed by atoms with E-state index >= 15 is 0 Å². The fourth-order valence-corrected chi connectivity index (χ4v) is 1.98. The number of nitrogens with two attached hydrogens (primary N) is 2. The molecule has 0 fully saturated rings. The lowest BCUT2D eigenvalue weighted by Crippen LogP contribution is -2.38. The Kier molecular flexibility index (Phi) is 9.40. The fraction of sp³-hybridized carbons (Fsp3) is 0.467. The van der Waals surface area contributed by atoms with Crippen LogP contribution in [0.25, 0.3) is 0 Å². The third-order valence-electron chi connectivity index (χ3n) is 3.19. The Hall–Kier alpha value is -1.63. The molecule has 7 heteroatoms. The quantitative estimate of drug-likeness (QED) is 0.743. The molecule has 1 atom stereocenters. The van der Waals surface area contributed by atoms with E-state index in [-0.39, 0.29) is 50.3 Å². The molecule has 124 valence electrons. The second-order valence-corrected chi connectivity index (χ2v) is 4.90. The first kappa shape index (κ1) is 20.4. The molecule has 0 saturated carbocycles. The van der Waals surface area contributed by atoms with Gasteiger partial charge in [0.15, 0.2) is 0 Å². The minimum atomic E-state index is -0.442. The lowest BCUT2D eigenvalue weighted by atomic mass is 10.1. The second kappa shape index (κ2) is 10.2. The lowest BCUT2D eigenvalue weighted by molar-refractivity contribution is -0.121. The van der Waals surface area contributed by atoms with Gasteiger partial charge >= 0.3 is 0 Å². The Labute approximate surface area is 137 Å². The van der Waals surface area contributed by atoms with E-state index in [0.717, 1.165) is 11.3 Å². The van der Waals surface area contributed by atoms with Crippen molar-refractivity contribution in [2.75, 3.05) is 25.1 Å². The first-order chi connectivity index (χ1) is 9.97. The van der Waals surface area contributed by atoms with Crippen molar-refractivity contribution in [3.05, 3.63) is 29.8 Å². The van der Waals surface area contributed by atoms with Crippen LogP contribution in [0.15, 0.2) is 24.3 Å². The highest BCUT2D eigenvalue weighted by atomic mass is 35.5. The third kappa shape index (κ3) is 6.43. The summed E-state index contributed by atoms with van der Waals surface area (Å²) in [5.41, 5.74) is 12.5. The topological polar surface area (TPSA) is 98.7 Å². The third-order valence-corrected chi connectivity index (χ3v) is 3.19. The highest BCUT2D eigenvalue weighted by Crippen LogP contribution is 2.18. The fourth-order valence-electron chi connectivity index (χ4n) is 1.98. The van der Waals surface area contributed by atoms with Crippen molar-refractivity contribution < 1.29 is 14.3 Å². The van der Waals surface area contributed by atoms with Crippen LogP contribution in [-0.4, -0.2) is 38.1 Å². The number of hydrogen-bond acceptors (Lipinski definition) is 4. The number of primary amides is 1. The predicted octanol–water partition coefficient (Wildman–Crippen LogP) is 0.989. The normalized spacial score (nSPS) is 11.4. The molecular formula is C15H24ClN3O3. The van der Waals surface area contributed by atoms with Gasteiger partial charge in [-0.25, -0.2) is 0 Å². The molecule has 1 unspecified atom stereocenters. The maximum Gasteiger partial charge on any atom is 0.229 e. The highest BCUT2D eigenvalue weighted by molar-refractivity contribution is 5.94. The van der Waals surface area contributed by atoms with E-state index in [2.05, 4.69) is 0 Å². The Morgan fingerprint density at radius 1 is 1.36 bits per heavy atom. The number of hydrogen-bond donors (Lipinski definition) is 2. The number of carbonyl (C=O) groups is 2. The monoisotopic (exact) mass is 329 g/mol. The van der Waals surface area contributed by atoms with Gasteiger partial charge in [-0.1, -0.05) is 12.1 Å². The van der Waals surface area contributed by atoms with Gasteiger partial charge in [0, 0.05) is 32.3 Å². The van der Waals surface area contributed by atoms with E-state index in [0.29, 0.717) is 0 Å². The summed E-state index contributed by atoms with van der Waals surface area (Å²) in [4.78, 5) is 25.0. The van der Waals surface area contributed by atoms with Gasteiger partial charge in [0.05, 0.1) is 12.5 Å². The van der Waals surface area contributed by atoms with Gasteiger partial charge in [0.1, 0.15) is 0 Å². The van der Waals surface area contributed by atoms with Crippen LogP contribution in [0.2, 0.25) is 0 Å². The van der Waals surface area contributed by atoms with E-state index in [1.807, 2.05) is 31.2 Å². The minimum Gasteiger partial charge on any atom is -0.380 e. The summed E-state index contributed by atoms with van der Waals surface area (Å²) in [6.45, 7) is 2.45. The van der Waals surface area contributed by atoms with Crippen LogP contribution in [0.3, 0.4) is 0 Å². The molecule has 1 aromatic rings. The van der Waals surface area contributed by atoms with Crippen molar-refractivity contribution in [2.45, 2.75) is 25.9 Å². The molecule has 4 N–H and O–H groups in total. The largest absolute Gasteiger partial charge is 0.380 e. The van der Waals surface area contributed by atoms with Crippen LogP contribution in [0.4, 0.5) is 5.69 Å². The van der Waals surface area contributed by atoms with E-state index in [9.17, 15) is 9.59 Å². The average Bonchev–Trinajstić information content (AvgIpc) is 2.44. The molecule has 22 heavy (non-hydrogen) atoms. The van der Waals surface area contributed by atoms with Crippen LogP contribution < -0.4 is 16.4 Å². The van der Waals surface area contributed by atoms with Crippen molar-refractivity contribution in [1.82, 2.24) is 0 Å². The van der Waals surface area contributed by atoms with Gasteiger partial charge in [-0.05, 0) is 24.6 Å². The highest BCUT2D eigenvalue weighted by Gasteiger charge is 2.20. The Balaban J connectivity index is 0.00000441. The van der Waals surface area contributed by atoms with Gasteiger partial charge in [0.2, 0.25) is 11.8 Å². The van der Waals surface area contributed by atoms with Crippen LogP contribution >= 0.6 is 12.4 Å². The zero-order chi connectivity index (χ0) is 15.8. The zero-order valence-corrected chi connectivity index (χ0v) is 13.8. The standard InChI is InChI=1S/C15H23N3O3.ClH/c1-11-4-3-5-12(8-11)18(7-6-14(17)19)15(20)9-13(10-16)21-2;/h3-5,8,13H,6-7,9-10,16H2,1-2H3,(H2,17,19);1H. The van der Waals surface area contributed by atoms with Gasteiger partial charge in [-0.15, -0.1) is 12.4 Å². The summed E-state index contributed by atoms with van der Waals surface area (Å²) >= 11 is 0. The molecule has 6 nitrogen and oxygen atoms in total. The molecule has 0 radical (unpaired) electrons. The summed E-state index contributed by atoms with van der Waals surface area (Å²) in [5, 5.41) is 0. The zero-order valence-electron chi connectivity index (χ0n) is 13.0. The van der Waals surface area contributed by atoms with E-state index in [4.69, 9.17) is 16.2 Å². The van der Waals surface area contributed by atoms with Crippen LogP contribution in [0.5, 0.6) is 0 Å². The maximum absolute atomic E-state index is 12.4. The van der Waals surface area contributed by atoms with Crippen molar-refractivity contribution in [3.63, 3.8) is 0 Å². The number of ether oxygens (including phenoxy) is 1. The molecule has 0 aliphatic rings. The van der Waals surface area contributed by atoms with Gasteiger partial charge in [0.25, 0.3) is 0 Å². The smallest absolute Gasteiger partial charge is 0.229 e. The summed E-state index contributed by atoms with van der Waals surface area (Å²) in [7, 11) is 1.52. The summed E-state index contributed by atoms with van der Waals surface area (Å²) in [6, 6.07) is 7.53. The summed E-state index contributed by atoms with van der Waals surface area (Å²) < 4.78 is 5.14. The number of anilines is 1. The Bertz CT molecular complexity index is 493. The van der Waals surface area contributed by atoms with Gasteiger partial charge in [-0.3, -0.25) is 9.59 Å². The molecule has 0 spiro atoms. The SMILES string of the molecule is COC(CN)CC(=O)N(CCC(N)=O)c1cccc(C)c1.Cl. The van der Waals surface area contributed by atoms with Crippen LogP contribution in [-0.2, 0) is 14.3 Å². The number of rotatable bonds is 8. The molecule has 0 aliphatic heterocycles. The van der Waals surface area contributed by atoms with Crippen LogP contribution in [0, 0.1) is 6.92 Å². The van der Waals surface area contributed by atoms with Crippen LogP contribution in [0.1, 0.15) is 18.4 Å². The molecule has 2 amide bonds. The lowest BCUT2D eigenvalue weighted by Gasteiger charge is -2.24.